The molecule has 1 saturated heterocycles. The SMILES string of the molecule is CC(=O)OC(CCCN1C(=O)c2ccccc2C1=O)C1C(=O)N(C)C(C(C)(C)C)N1C(=O)c1ccccc1. The second-order valence-electron chi connectivity index (χ2n) is 10.8. The molecule has 0 aromatic heterocycles. The summed E-state index contributed by atoms with van der Waals surface area (Å²) in [6.07, 6.45) is -1.09. The normalized spacial score (nSPS) is 20.1. The number of rotatable bonds is 7. The van der Waals surface area contributed by atoms with E-state index in [1.165, 1.54) is 21.6 Å². The van der Waals surface area contributed by atoms with Gasteiger partial charge in [0.1, 0.15) is 18.3 Å². The highest BCUT2D eigenvalue weighted by Crippen LogP contribution is 2.37. The monoisotopic (exact) mass is 519 g/mol. The molecule has 3 unspecified atom stereocenters. The van der Waals surface area contributed by atoms with Gasteiger partial charge in [-0.1, -0.05) is 51.1 Å². The molecule has 2 heterocycles. The minimum atomic E-state index is -1.05. The Morgan fingerprint density at radius 1 is 0.921 bits per heavy atom. The summed E-state index contributed by atoms with van der Waals surface area (Å²) < 4.78 is 5.64. The van der Waals surface area contributed by atoms with E-state index in [-0.39, 0.29) is 43.0 Å². The summed E-state index contributed by atoms with van der Waals surface area (Å²) in [6.45, 7) is 7.18. The highest BCUT2D eigenvalue weighted by Gasteiger charge is 2.54. The van der Waals surface area contributed by atoms with Gasteiger partial charge in [-0.15, -0.1) is 0 Å². The fraction of sp³-hybridized carbons (Fsp3) is 0.414. The van der Waals surface area contributed by atoms with Crippen molar-refractivity contribution in [3.05, 3.63) is 71.3 Å². The zero-order valence-electron chi connectivity index (χ0n) is 22.3. The van der Waals surface area contributed by atoms with E-state index in [1.807, 2.05) is 20.8 Å². The maximum atomic E-state index is 13.8. The number of amides is 4. The predicted molar refractivity (Wildman–Crippen MR) is 139 cm³/mol. The van der Waals surface area contributed by atoms with E-state index in [9.17, 15) is 24.0 Å². The molecule has 2 aliphatic heterocycles. The molecule has 2 aliphatic rings. The number of nitrogens with zero attached hydrogens (tertiary/aromatic N) is 3. The van der Waals surface area contributed by atoms with Gasteiger partial charge < -0.3 is 14.5 Å². The quantitative estimate of drug-likeness (QED) is 0.411. The molecule has 0 saturated carbocycles. The average molecular weight is 520 g/mol. The van der Waals surface area contributed by atoms with Crippen LogP contribution in [0.4, 0.5) is 0 Å². The summed E-state index contributed by atoms with van der Waals surface area (Å²) >= 11 is 0. The Labute approximate surface area is 222 Å². The van der Waals surface area contributed by atoms with Crippen LogP contribution in [-0.2, 0) is 14.3 Å². The van der Waals surface area contributed by atoms with Crippen LogP contribution in [0.15, 0.2) is 54.6 Å². The van der Waals surface area contributed by atoms with Gasteiger partial charge in [0, 0.05) is 31.5 Å². The van der Waals surface area contributed by atoms with Gasteiger partial charge in [-0.2, -0.15) is 0 Å². The second-order valence-corrected chi connectivity index (χ2v) is 10.8. The number of hydrogen-bond donors (Lipinski definition) is 0. The first-order valence-corrected chi connectivity index (χ1v) is 12.7. The predicted octanol–water partition coefficient (Wildman–Crippen LogP) is 3.35. The molecule has 3 atom stereocenters. The third kappa shape index (κ3) is 4.92. The molecule has 4 amide bonds. The lowest BCUT2D eigenvalue weighted by molar-refractivity contribution is -0.151. The van der Waals surface area contributed by atoms with Crippen LogP contribution >= 0.6 is 0 Å². The fourth-order valence-corrected chi connectivity index (χ4v) is 5.48. The third-order valence-corrected chi connectivity index (χ3v) is 6.98. The van der Waals surface area contributed by atoms with Gasteiger partial charge in [-0.05, 0) is 37.1 Å². The topological polar surface area (TPSA) is 104 Å². The maximum absolute atomic E-state index is 13.8. The zero-order valence-corrected chi connectivity index (χ0v) is 22.3. The standard InChI is InChI=1S/C29H33N3O6/c1-18(33)38-22(16-11-17-31-25(35)20-14-9-10-15-21(20)26(31)36)23-27(37)30(5)28(29(2,3)4)32(23)24(34)19-12-7-6-8-13-19/h6-10,12-15,22-23,28H,11,16-17H2,1-5H3. The van der Waals surface area contributed by atoms with Gasteiger partial charge in [0.2, 0.25) is 0 Å². The van der Waals surface area contributed by atoms with E-state index in [0.29, 0.717) is 16.7 Å². The Balaban J connectivity index is 1.61. The molecule has 38 heavy (non-hydrogen) atoms. The molecule has 2 aromatic rings. The Kier molecular flexibility index (Phi) is 7.40. The molecular weight excluding hydrogens is 486 g/mol. The Morgan fingerprint density at radius 2 is 1.47 bits per heavy atom. The molecule has 1 fully saturated rings. The van der Waals surface area contributed by atoms with Crippen molar-refractivity contribution in [2.45, 2.75) is 58.8 Å². The van der Waals surface area contributed by atoms with Gasteiger partial charge in [0.15, 0.2) is 0 Å². The average Bonchev–Trinajstić information content (AvgIpc) is 3.28. The number of carbonyl (C=O) groups is 5. The summed E-state index contributed by atoms with van der Waals surface area (Å²) in [7, 11) is 1.65. The first kappa shape index (κ1) is 27.0. The molecule has 0 N–H and O–H groups in total. The molecule has 0 radical (unpaired) electrons. The van der Waals surface area contributed by atoms with Crippen molar-refractivity contribution < 1.29 is 28.7 Å². The van der Waals surface area contributed by atoms with E-state index < -0.39 is 29.7 Å². The highest BCUT2D eigenvalue weighted by atomic mass is 16.5. The van der Waals surface area contributed by atoms with E-state index in [0.717, 1.165) is 0 Å². The first-order chi connectivity index (χ1) is 17.9. The number of imide groups is 1. The molecule has 0 bridgehead atoms. The molecule has 200 valence electrons. The second kappa shape index (κ2) is 10.4. The molecular formula is C29H33N3O6. The van der Waals surface area contributed by atoms with Crippen LogP contribution in [0.2, 0.25) is 0 Å². The minimum Gasteiger partial charge on any atom is -0.460 e. The summed E-state index contributed by atoms with van der Waals surface area (Å²) in [5, 5.41) is 0. The van der Waals surface area contributed by atoms with Gasteiger partial charge >= 0.3 is 5.97 Å². The number of hydrogen-bond acceptors (Lipinski definition) is 6. The fourth-order valence-electron chi connectivity index (χ4n) is 5.48. The van der Waals surface area contributed by atoms with Gasteiger partial charge in [-0.3, -0.25) is 28.9 Å². The molecule has 9 nitrogen and oxygen atoms in total. The van der Waals surface area contributed by atoms with Crippen molar-refractivity contribution >= 4 is 29.6 Å². The molecule has 4 rings (SSSR count). The summed E-state index contributed by atoms with van der Waals surface area (Å²) in [5.74, 6) is -2.01. The van der Waals surface area contributed by atoms with Crippen LogP contribution in [-0.4, -0.2) is 76.2 Å². The van der Waals surface area contributed by atoms with Crippen LogP contribution in [0.5, 0.6) is 0 Å². The first-order valence-electron chi connectivity index (χ1n) is 12.7. The summed E-state index contributed by atoms with van der Waals surface area (Å²) in [5.41, 5.74) is 0.635. The van der Waals surface area contributed by atoms with E-state index in [2.05, 4.69) is 0 Å². The van der Waals surface area contributed by atoms with Gasteiger partial charge in [0.05, 0.1) is 11.1 Å². The Bertz CT molecular complexity index is 1230. The van der Waals surface area contributed by atoms with Crippen molar-refractivity contribution in [3.63, 3.8) is 0 Å². The van der Waals surface area contributed by atoms with Crippen molar-refractivity contribution in [3.8, 4) is 0 Å². The van der Waals surface area contributed by atoms with Gasteiger partial charge in [-0.25, -0.2) is 0 Å². The lowest BCUT2D eigenvalue weighted by Gasteiger charge is -2.40. The van der Waals surface area contributed by atoms with E-state index >= 15 is 0 Å². The van der Waals surface area contributed by atoms with Crippen LogP contribution in [0.1, 0.15) is 71.6 Å². The minimum absolute atomic E-state index is 0.0934. The lowest BCUT2D eigenvalue weighted by Crippen LogP contribution is -2.53. The number of fused-ring (bicyclic) bond motifs is 1. The number of carbonyl (C=O) groups excluding carboxylic acids is 5. The smallest absolute Gasteiger partial charge is 0.302 e. The number of esters is 1. The van der Waals surface area contributed by atoms with Crippen molar-refractivity contribution in [2.75, 3.05) is 13.6 Å². The maximum Gasteiger partial charge on any atom is 0.302 e. The number of benzene rings is 2. The molecule has 0 aliphatic carbocycles. The lowest BCUT2D eigenvalue weighted by atomic mass is 9.90. The molecule has 9 heteroatoms. The molecule has 2 aromatic carbocycles. The van der Waals surface area contributed by atoms with Crippen LogP contribution in [0, 0.1) is 5.41 Å². The number of likely N-dealkylation sites (N-methyl/N-ethyl adjacent to an activating group) is 1. The van der Waals surface area contributed by atoms with Crippen LogP contribution in [0.3, 0.4) is 0 Å². The largest absolute Gasteiger partial charge is 0.460 e. The van der Waals surface area contributed by atoms with E-state index in [1.54, 1.807) is 61.6 Å². The van der Waals surface area contributed by atoms with Crippen LogP contribution in [0.25, 0.3) is 0 Å². The summed E-state index contributed by atoms with van der Waals surface area (Å²) in [4.78, 5) is 69.3. The van der Waals surface area contributed by atoms with Crippen LogP contribution < -0.4 is 0 Å². The highest BCUT2D eigenvalue weighted by molar-refractivity contribution is 6.21. The number of ether oxygens (including phenoxy) is 1. The van der Waals surface area contributed by atoms with Crippen molar-refractivity contribution in [1.29, 1.82) is 0 Å². The zero-order chi connectivity index (χ0) is 27.8. The van der Waals surface area contributed by atoms with E-state index in [4.69, 9.17) is 4.74 Å². The molecule has 0 spiro atoms. The Hall–Kier alpha value is -4.01. The third-order valence-electron chi connectivity index (χ3n) is 6.98. The van der Waals surface area contributed by atoms with Crippen molar-refractivity contribution in [2.24, 2.45) is 5.41 Å². The van der Waals surface area contributed by atoms with Gasteiger partial charge in [0.25, 0.3) is 23.6 Å². The van der Waals surface area contributed by atoms with Crippen molar-refractivity contribution in [1.82, 2.24) is 14.7 Å². The Morgan fingerprint density at radius 3 is 2.00 bits per heavy atom. The summed E-state index contributed by atoms with van der Waals surface area (Å²) in [6, 6.07) is 14.3.